The number of aromatic nitrogens is 1. The van der Waals surface area contributed by atoms with Gasteiger partial charge >= 0.3 is 5.97 Å². The third kappa shape index (κ3) is 4.89. The molecule has 34 heavy (non-hydrogen) atoms. The van der Waals surface area contributed by atoms with Crippen LogP contribution in [0.4, 0.5) is 0 Å². The van der Waals surface area contributed by atoms with Crippen LogP contribution < -0.4 is 10.5 Å². The van der Waals surface area contributed by atoms with Crippen LogP contribution in [0, 0.1) is 0 Å². The molecule has 7 heteroatoms. The molecule has 0 unspecified atom stereocenters. The SMILES string of the molecule is CCCOCCc1cc(OCC(=O)O)c2c3c(C(N)=O)cccc3n(Cc3ccccc3)c2c1. The molecule has 1 heterocycles. The summed E-state index contributed by atoms with van der Waals surface area (Å²) < 4.78 is 13.5. The van der Waals surface area contributed by atoms with Crippen molar-refractivity contribution in [3.05, 3.63) is 77.4 Å². The number of ether oxygens (including phenoxy) is 2. The highest BCUT2D eigenvalue weighted by Crippen LogP contribution is 2.39. The number of rotatable bonds is 11. The number of nitrogens with zero attached hydrogens (tertiary/aromatic N) is 1. The molecule has 1 amide bonds. The largest absolute Gasteiger partial charge is 0.481 e. The van der Waals surface area contributed by atoms with E-state index in [2.05, 4.69) is 17.6 Å². The molecule has 0 spiro atoms. The van der Waals surface area contributed by atoms with Crippen LogP contribution in [-0.4, -0.2) is 41.4 Å². The van der Waals surface area contributed by atoms with Gasteiger partial charge in [0.05, 0.1) is 23.0 Å². The predicted molar refractivity (Wildman–Crippen MR) is 131 cm³/mol. The van der Waals surface area contributed by atoms with E-state index in [9.17, 15) is 14.7 Å². The van der Waals surface area contributed by atoms with Crippen LogP contribution in [0.15, 0.2) is 60.7 Å². The molecule has 0 bridgehead atoms. The maximum absolute atomic E-state index is 12.3. The smallest absolute Gasteiger partial charge is 0.341 e. The summed E-state index contributed by atoms with van der Waals surface area (Å²) in [5, 5.41) is 10.6. The molecular weight excluding hydrogens is 432 g/mol. The van der Waals surface area contributed by atoms with E-state index in [0.29, 0.717) is 48.3 Å². The van der Waals surface area contributed by atoms with E-state index in [1.54, 1.807) is 12.1 Å². The molecule has 7 nitrogen and oxygen atoms in total. The average Bonchev–Trinajstić information content (AvgIpc) is 3.14. The van der Waals surface area contributed by atoms with E-state index in [0.717, 1.165) is 28.6 Å². The normalized spacial score (nSPS) is 11.2. The Morgan fingerprint density at radius 2 is 1.74 bits per heavy atom. The van der Waals surface area contributed by atoms with E-state index in [1.807, 2.05) is 42.5 Å². The number of carboxylic acid groups (broad SMARTS) is 1. The Morgan fingerprint density at radius 1 is 0.941 bits per heavy atom. The van der Waals surface area contributed by atoms with Gasteiger partial charge in [0, 0.05) is 24.1 Å². The van der Waals surface area contributed by atoms with Crippen molar-refractivity contribution >= 4 is 33.7 Å². The van der Waals surface area contributed by atoms with Gasteiger partial charge in [-0.1, -0.05) is 43.3 Å². The Balaban J connectivity index is 1.96. The van der Waals surface area contributed by atoms with Gasteiger partial charge in [0.25, 0.3) is 0 Å². The predicted octanol–water partition coefficient (Wildman–Crippen LogP) is 4.37. The first kappa shape index (κ1) is 23.3. The first-order valence-corrected chi connectivity index (χ1v) is 11.3. The second-order valence-electron chi connectivity index (χ2n) is 8.17. The number of nitrogens with two attached hydrogens (primary N) is 1. The fourth-order valence-corrected chi connectivity index (χ4v) is 4.25. The zero-order valence-corrected chi connectivity index (χ0v) is 19.1. The summed E-state index contributed by atoms with van der Waals surface area (Å²) in [6.07, 6.45) is 1.59. The molecular formula is C27H28N2O5. The number of fused-ring (bicyclic) bond motifs is 3. The number of hydrogen-bond acceptors (Lipinski definition) is 4. The van der Waals surface area contributed by atoms with E-state index in [4.69, 9.17) is 15.2 Å². The lowest BCUT2D eigenvalue weighted by atomic mass is 10.0. The van der Waals surface area contributed by atoms with Gasteiger partial charge in [-0.3, -0.25) is 4.79 Å². The lowest BCUT2D eigenvalue weighted by molar-refractivity contribution is -0.139. The first-order valence-electron chi connectivity index (χ1n) is 11.3. The zero-order chi connectivity index (χ0) is 24.1. The Kier molecular flexibility index (Phi) is 7.13. The van der Waals surface area contributed by atoms with Crippen LogP contribution in [0.1, 0.15) is 34.8 Å². The van der Waals surface area contributed by atoms with Gasteiger partial charge in [0.2, 0.25) is 5.91 Å². The minimum absolute atomic E-state index is 0.369. The number of carbonyl (C=O) groups excluding carboxylic acids is 1. The molecule has 1 aromatic heterocycles. The van der Waals surface area contributed by atoms with Crippen molar-refractivity contribution in [3.8, 4) is 5.75 Å². The molecule has 4 aromatic rings. The molecule has 176 valence electrons. The highest BCUT2D eigenvalue weighted by molar-refractivity contribution is 6.19. The van der Waals surface area contributed by atoms with Crippen LogP contribution in [-0.2, 0) is 22.5 Å². The third-order valence-electron chi connectivity index (χ3n) is 5.70. The van der Waals surface area contributed by atoms with E-state index < -0.39 is 18.5 Å². The van der Waals surface area contributed by atoms with Gasteiger partial charge in [-0.25, -0.2) is 4.79 Å². The van der Waals surface area contributed by atoms with Crippen molar-refractivity contribution in [2.24, 2.45) is 5.73 Å². The van der Waals surface area contributed by atoms with Crippen molar-refractivity contribution in [1.29, 1.82) is 0 Å². The van der Waals surface area contributed by atoms with Crippen molar-refractivity contribution < 1.29 is 24.2 Å². The second-order valence-corrected chi connectivity index (χ2v) is 8.17. The molecule has 3 N–H and O–H groups in total. The zero-order valence-electron chi connectivity index (χ0n) is 19.1. The summed E-state index contributed by atoms with van der Waals surface area (Å²) in [7, 11) is 0. The Bertz CT molecular complexity index is 1330. The molecule has 3 aromatic carbocycles. The lowest BCUT2D eigenvalue weighted by Gasteiger charge is -2.12. The van der Waals surface area contributed by atoms with Crippen LogP contribution in [0.25, 0.3) is 21.8 Å². The minimum atomic E-state index is -1.08. The van der Waals surface area contributed by atoms with Gasteiger partial charge in [-0.15, -0.1) is 0 Å². The monoisotopic (exact) mass is 460 g/mol. The maximum atomic E-state index is 12.3. The van der Waals surface area contributed by atoms with Gasteiger partial charge in [-0.2, -0.15) is 0 Å². The van der Waals surface area contributed by atoms with Crippen LogP contribution in [0.5, 0.6) is 5.75 Å². The first-order chi connectivity index (χ1) is 16.5. The molecule has 0 fully saturated rings. The molecule has 0 radical (unpaired) electrons. The van der Waals surface area contributed by atoms with E-state index >= 15 is 0 Å². The summed E-state index contributed by atoms with van der Waals surface area (Å²) in [6, 6.07) is 19.3. The molecule has 0 saturated heterocycles. The quantitative estimate of drug-likeness (QED) is 0.324. The number of carboxylic acids is 1. The fraction of sp³-hybridized carbons (Fsp3) is 0.259. The van der Waals surface area contributed by atoms with Crippen LogP contribution in [0.2, 0.25) is 0 Å². The minimum Gasteiger partial charge on any atom is -0.481 e. The van der Waals surface area contributed by atoms with E-state index in [1.165, 1.54) is 0 Å². The Morgan fingerprint density at radius 3 is 2.44 bits per heavy atom. The van der Waals surface area contributed by atoms with Gasteiger partial charge in [0.1, 0.15) is 5.75 Å². The number of aliphatic carboxylic acids is 1. The highest BCUT2D eigenvalue weighted by Gasteiger charge is 2.21. The topological polar surface area (TPSA) is 104 Å². The highest BCUT2D eigenvalue weighted by atomic mass is 16.5. The molecule has 0 saturated carbocycles. The summed E-state index contributed by atoms with van der Waals surface area (Å²) in [6.45, 7) is 3.36. The van der Waals surface area contributed by atoms with Crippen molar-refractivity contribution in [3.63, 3.8) is 0 Å². The van der Waals surface area contributed by atoms with Gasteiger partial charge in [0.15, 0.2) is 6.61 Å². The summed E-state index contributed by atoms with van der Waals surface area (Å²) in [5.74, 6) is -1.21. The second kappa shape index (κ2) is 10.4. The average molecular weight is 461 g/mol. The molecule has 4 rings (SSSR count). The summed E-state index contributed by atoms with van der Waals surface area (Å²) in [4.78, 5) is 23.6. The van der Waals surface area contributed by atoms with E-state index in [-0.39, 0.29) is 0 Å². The molecule has 0 atom stereocenters. The Hall–Kier alpha value is -3.84. The number of amides is 1. The van der Waals surface area contributed by atoms with Crippen molar-refractivity contribution in [2.75, 3.05) is 19.8 Å². The number of carbonyl (C=O) groups is 2. The Labute approximate surface area is 197 Å². The van der Waals surface area contributed by atoms with Crippen molar-refractivity contribution in [1.82, 2.24) is 4.57 Å². The van der Waals surface area contributed by atoms with Gasteiger partial charge < -0.3 is 24.9 Å². The van der Waals surface area contributed by atoms with Crippen LogP contribution >= 0.6 is 0 Å². The number of primary amides is 1. The number of benzene rings is 3. The van der Waals surface area contributed by atoms with Crippen LogP contribution in [0.3, 0.4) is 0 Å². The standard InChI is InChI=1S/C27H28N2O5/c1-2-12-33-13-11-19-14-22-26(23(15-19)34-17-24(30)31)25-20(27(28)32)9-6-10-21(25)29(22)16-18-7-4-3-5-8-18/h3-10,14-15H,2,11-13,16-17H2,1H3,(H2,28,32)(H,30,31). The van der Waals surface area contributed by atoms with Crippen molar-refractivity contribution in [2.45, 2.75) is 26.3 Å². The molecule has 0 aliphatic heterocycles. The lowest BCUT2D eigenvalue weighted by Crippen LogP contribution is -2.12. The summed E-state index contributed by atoms with van der Waals surface area (Å²) >= 11 is 0. The summed E-state index contributed by atoms with van der Waals surface area (Å²) in [5.41, 5.74) is 9.83. The van der Waals surface area contributed by atoms with Gasteiger partial charge in [-0.05, 0) is 48.2 Å². The molecule has 0 aliphatic carbocycles. The number of hydrogen-bond donors (Lipinski definition) is 2. The third-order valence-corrected chi connectivity index (χ3v) is 5.70. The fourth-order valence-electron chi connectivity index (χ4n) is 4.25. The maximum Gasteiger partial charge on any atom is 0.341 e. The molecule has 0 aliphatic rings.